The minimum atomic E-state index is -0.165. The van der Waals surface area contributed by atoms with Crippen molar-refractivity contribution >= 4 is 33.4 Å². The van der Waals surface area contributed by atoms with Gasteiger partial charge in [-0.15, -0.1) is 0 Å². The summed E-state index contributed by atoms with van der Waals surface area (Å²) in [5.74, 6) is -0.165. The number of rotatable bonds is 2. The third-order valence-electron chi connectivity index (χ3n) is 4.21. The highest BCUT2D eigenvalue weighted by molar-refractivity contribution is 6.09. The highest BCUT2D eigenvalue weighted by Crippen LogP contribution is 2.24. The number of hydrogen-bond acceptors (Lipinski definition) is 2. The highest BCUT2D eigenvalue weighted by atomic mass is 16.1. The number of nitrogens with zero attached hydrogens (tertiary/aromatic N) is 1. The van der Waals surface area contributed by atoms with Gasteiger partial charge in [0.2, 0.25) is 0 Å². The largest absolute Gasteiger partial charge is 0.351 e. The van der Waals surface area contributed by atoms with E-state index in [2.05, 4.69) is 41.3 Å². The second-order valence-electron chi connectivity index (χ2n) is 6.06. The number of hydrogen-bond donors (Lipinski definition) is 2. The number of benzene rings is 2. The molecule has 0 radical (unpaired) electrons. The Kier molecular flexibility index (Phi) is 3.31. The van der Waals surface area contributed by atoms with E-state index in [-0.39, 0.29) is 5.91 Å². The molecule has 0 aliphatic rings. The molecule has 2 heterocycles. The van der Waals surface area contributed by atoms with Crippen LogP contribution in [0.2, 0.25) is 0 Å². The van der Waals surface area contributed by atoms with E-state index in [1.807, 2.05) is 36.4 Å². The predicted octanol–water partition coefficient (Wildman–Crippen LogP) is 4.59. The number of aromatic nitrogens is 2. The van der Waals surface area contributed by atoms with Crippen LogP contribution < -0.4 is 5.32 Å². The summed E-state index contributed by atoms with van der Waals surface area (Å²) in [5, 5.41) is 5.03. The maximum absolute atomic E-state index is 12.7. The third-order valence-corrected chi connectivity index (χ3v) is 4.21. The number of amides is 1. The summed E-state index contributed by atoms with van der Waals surface area (Å²) in [7, 11) is 0. The fraction of sp³-hybridized carbons (Fsp3) is 0.100. The van der Waals surface area contributed by atoms with Crippen LogP contribution in [-0.2, 0) is 0 Å². The second kappa shape index (κ2) is 5.49. The summed E-state index contributed by atoms with van der Waals surface area (Å²) < 4.78 is 0. The van der Waals surface area contributed by atoms with E-state index in [0.717, 1.165) is 27.4 Å². The van der Waals surface area contributed by atoms with E-state index in [4.69, 9.17) is 0 Å². The molecule has 0 aliphatic heterocycles. The number of carbonyl (C=O) groups excluding carboxylic acids is 1. The maximum Gasteiger partial charge on any atom is 0.272 e. The standard InChI is InChI=1S/C20H17N3O/c1-12-9-13(2)15-11-18(22-17(15)10-12)20(24)23-16-7-3-5-14-6-4-8-21-19(14)16/h3-11,22H,1-2H3,(H,23,24). The number of H-pyrrole nitrogens is 1. The van der Waals surface area contributed by atoms with E-state index in [0.29, 0.717) is 11.4 Å². The number of aryl methyl sites for hydroxylation is 2. The molecule has 0 unspecified atom stereocenters. The van der Waals surface area contributed by atoms with Crippen LogP contribution >= 0.6 is 0 Å². The molecule has 0 saturated carbocycles. The smallest absolute Gasteiger partial charge is 0.272 e. The number of aromatic amines is 1. The van der Waals surface area contributed by atoms with Crippen molar-refractivity contribution in [2.75, 3.05) is 5.32 Å². The van der Waals surface area contributed by atoms with Crippen LogP contribution in [0.25, 0.3) is 21.8 Å². The van der Waals surface area contributed by atoms with Gasteiger partial charge in [-0.25, -0.2) is 0 Å². The van der Waals surface area contributed by atoms with E-state index < -0.39 is 0 Å². The van der Waals surface area contributed by atoms with Gasteiger partial charge in [0.25, 0.3) is 5.91 Å². The summed E-state index contributed by atoms with van der Waals surface area (Å²) in [6, 6.07) is 15.7. The monoisotopic (exact) mass is 315 g/mol. The minimum Gasteiger partial charge on any atom is -0.351 e. The molecule has 4 heteroatoms. The van der Waals surface area contributed by atoms with Crippen molar-refractivity contribution in [3.63, 3.8) is 0 Å². The molecule has 2 aromatic heterocycles. The van der Waals surface area contributed by atoms with E-state index in [9.17, 15) is 4.79 Å². The fourth-order valence-corrected chi connectivity index (χ4v) is 3.12. The Bertz CT molecular complexity index is 1070. The lowest BCUT2D eigenvalue weighted by Gasteiger charge is -2.06. The zero-order valence-electron chi connectivity index (χ0n) is 13.6. The van der Waals surface area contributed by atoms with Crippen LogP contribution in [-0.4, -0.2) is 15.9 Å². The molecule has 0 atom stereocenters. The molecule has 4 aromatic rings. The quantitative estimate of drug-likeness (QED) is 0.568. The molecule has 0 fully saturated rings. The van der Waals surface area contributed by atoms with E-state index in [1.54, 1.807) is 6.20 Å². The summed E-state index contributed by atoms with van der Waals surface area (Å²) in [4.78, 5) is 20.2. The average Bonchev–Trinajstić information content (AvgIpc) is 3.00. The Balaban J connectivity index is 1.72. The molecule has 2 N–H and O–H groups in total. The fourth-order valence-electron chi connectivity index (χ4n) is 3.12. The molecular weight excluding hydrogens is 298 g/mol. The Labute approximate surface area is 139 Å². The molecule has 4 nitrogen and oxygen atoms in total. The summed E-state index contributed by atoms with van der Waals surface area (Å²) in [6.45, 7) is 4.11. The summed E-state index contributed by atoms with van der Waals surface area (Å²) >= 11 is 0. The Morgan fingerprint density at radius 3 is 2.79 bits per heavy atom. The minimum absolute atomic E-state index is 0.165. The normalized spacial score (nSPS) is 11.1. The van der Waals surface area contributed by atoms with Crippen molar-refractivity contribution < 1.29 is 4.79 Å². The zero-order valence-corrected chi connectivity index (χ0v) is 13.6. The second-order valence-corrected chi connectivity index (χ2v) is 6.06. The van der Waals surface area contributed by atoms with Crippen molar-refractivity contribution in [3.8, 4) is 0 Å². The molecule has 118 valence electrons. The number of nitrogens with one attached hydrogen (secondary N) is 2. The van der Waals surface area contributed by atoms with Gasteiger partial charge < -0.3 is 10.3 Å². The first-order valence-corrected chi connectivity index (χ1v) is 7.87. The van der Waals surface area contributed by atoms with Crippen molar-refractivity contribution in [2.45, 2.75) is 13.8 Å². The van der Waals surface area contributed by atoms with Crippen LogP contribution in [0, 0.1) is 13.8 Å². The van der Waals surface area contributed by atoms with Gasteiger partial charge in [-0.05, 0) is 49.2 Å². The number of pyridine rings is 1. The molecule has 1 amide bonds. The Morgan fingerprint density at radius 2 is 1.92 bits per heavy atom. The van der Waals surface area contributed by atoms with Gasteiger partial charge in [-0.1, -0.05) is 24.3 Å². The summed E-state index contributed by atoms with van der Waals surface area (Å²) in [5.41, 5.74) is 5.36. The lowest BCUT2D eigenvalue weighted by Crippen LogP contribution is -2.12. The topological polar surface area (TPSA) is 57.8 Å². The SMILES string of the molecule is Cc1cc(C)c2cc(C(=O)Nc3cccc4cccnc34)[nH]c2c1. The van der Waals surface area contributed by atoms with Gasteiger partial charge in [0.1, 0.15) is 5.69 Å². The first-order valence-electron chi connectivity index (χ1n) is 7.87. The molecule has 0 spiro atoms. The number of fused-ring (bicyclic) bond motifs is 2. The number of carbonyl (C=O) groups is 1. The summed E-state index contributed by atoms with van der Waals surface area (Å²) in [6.07, 6.45) is 1.73. The first-order chi connectivity index (χ1) is 11.6. The van der Waals surface area contributed by atoms with Crippen LogP contribution in [0.1, 0.15) is 21.6 Å². The van der Waals surface area contributed by atoms with Crippen molar-refractivity contribution in [1.29, 1.82) is 0 Å². The average molecular weight is 315 g/mol. The number of anilines is 1. The van der Waals surface area contributed by atoms with Crippen LogP contribution in [0.3, 0.4) is 0 Å². The highest BCUT2D eigenvalue weighted by Gasteiger charge is 2.13. The van der Waals surface area contributed by atoms with E-state index in [1.165, 1.54) is 5.56 Å². The lowest BCUT2D eigenvalue weighted by molar-refractivity contribution is 0.102. The lowest BCUT2D eigenvalue weighted by atomic mass is 10.1. The molecule has 0 bridgehead atoms. The van der Waals surface area contributed by atoms with Crippen LogP contribution in [0.5, 0.6) is 0 Å². The molecular formula is C20H17N3O. The van der Waals surface area contributed by atoms with Crippen molar-refractivity contribution in [3.05, 3.63) is 71.5 Å². The Hall–Kier alpha value is -3.14. The molecule has 0 aliphatic carbocycles. The predicted molar refractivity (Wildman–Crippen MR) is 97.5 cm³/mol. The molecule has 0 saturated heterocycles. The van der Waals surface area contributed by atoms with Gasteiger partial charge in [0.05, 0.1) is 11.2 Å². The van der Waals surface area contributed by atoms with Gasteiger partial charge in [-0.3, -0.25) is 9.78 Å². The van der Waals surface area contributed by atoms with Gasteiger partial charge in [0.15, 0.2) is 0 Å². The third kappa shape index (κ3) is 2.42. The van der Waals surface area contributed by atoms with Crippen LogP contribution in [0.4, 0.5) is 5.69 Å². The maximum atomic E-state index is 12.7. The molecule has 2 aromatic carbocycles. The van der Waals surface area contributed by atoms with E-state index >= 15 is 0 Å². The Morgan fingerprint density at radius 1 is 1.08 bits per heavy atom. The first kappa shape index (κ1) is 14.5. The van der Waals surface area contributed by atoms with Gasteiger partial charge in [0, 0.05) is 22.5 Å². The van der Waals surface area contributed by atoms with Gasteiger partial charge >= 0.3 is 0 Å². The molecule has 24 heavy (non-hydrogen) atoms. The van der Waals surface area contributed by atoms with Crippen LogP contribution in [0.15, 0.2) is 54.7 Å². The number of para-hydroxylation sites is 1. The zero-order chi connectivity index (χ0) is 16.7. The van der Waals surface area contributed by atoms with Crippen molar-refractivity contribution in [1.82, 2.24) is 9.97 Å². The van der Waals surface area contributed by atoms with Crippen molar-refractivity contribution in [2.24, 2.45) is 0 Å². The van der Waals surface area contributed by atoms with Gasteiger partial charge in [-0.2, -0.15) is 0 Å². The molecule has 4 rings (SSSR count).